The van der Waals surface area contributed by atoms with Gasteiger partial charge in [-0.25, -0.2) is 8.42 Å². The molecule has 1 amide bonds. The van der Waals surface area contributed by atoms with Gasteiger partial charge in [-0.1, -0.05) is 42.8 Å². The summed E-state index contributed by atoms with van der Waals surface area (Å²) in [5.41, 5.74) is 2.53. The number of para-hydroxylation sites is 1. The van der Waals surface area contributed by atoms with Gasteiger partial charge in [0.2, 0.25) is 0 Å². The molecule has 168 valence electrons. The van der Waals surface area contributed by atoms with Gasteiger partial charge in [-0.3, -0.25) is 9.52 Å². The van der Waals surface area contributed by atoms with Crippen molar-refractivity contribution in [3.8, 4) is 5.75 Å². The van der Waals surface area contributed by atoms with Crippen LogP contribution in [0.25, 0.3) is 0 Å². The van der Waals surface area contributed by atoms with Crippen LogP contribution >= 0.6 is 11.6 Å². The Bertz CT molecular complexity index is 1210. The zero-order valence-corrected chi connectivity index (χ0v) is 19.6. The van der Waals surface area contributed by atoms with E-state index in [0.717, 1.165) is 12.0 Å². The van der Waals surface area contributed by atoms with Crippen molar-refractivity contribution in [1.82, 2.24) is 0 Å². The first kappa shape index (κ1) is 23.6. The lowest BCUT2D eigenvalue weighted by Gasteiger charge is -2.17. The normalized spacial score (nSPS) is 12.1. The maximum Gasteiger partial charge on any atom is 0.265 e. The van der Waals surface area contributed by atoms with Gasteiger partial charge in [0.15, 0.2) is 6.10 Å². The number of amides is 1. The molecule has 32 heavy (non-hydrogen) atoms. The van der Waals surface area contributed by atoms with Gasteiger partial charge in [0, 0.05) is 10.7 Å². The van der Waals surface area contributed by atoms with Crippen molar-refractivity contribution in [2.45, 2.75) is 38.2 Å². The van der Waals surface area contributed by atoms with Gasteiger partial charge >= 0.3 is 0 Å². The second kappa shape index (κ2) is 10.1. The van der Waals surface area contributed by atoms with Gasteiger partial charge in [0.25, 0.3) is 15.9 Å². The number of carbonyl (C=O) groups excluding carboxylic acids is 1. The third kappa shape index (κ3) is 5.60. The van der Waals surface area contributed by atoms with E-state index in [-0.39, 0.29) is 10.8 Å². The van der Waals surface area contributed by atoms with Crippen molar-refractivity contribution in [2.24, 2.45) is 0 Å². The molecule has 8 heteroatoms. The van der Waals surface area contributed by atoms with Crippen molar-refractivity contribution in [2.75, 3.05) is 10.0 Å². The third-order valence-electron chi connectivity index (χ3n) is 4.97. The number of benzene rings is 3. The molecule has 0 spiro atoms. The van der Waals surface area contributed by atoms with E-state index in [9.17, 15) is 13.2 Å². The van der Waals surface area contributed by atoms with E-state index in [2.05, 4.69) is 10.0 Å². The summed E-state index contributed by atoms with van der Waals surface area (Å²) in [6.07, 6.45) is 0.0713. The maximum atomic E-state index is 12.7. The Morgan fingerprint density at radius 1 is 1.03 bits per heavy atom. The Hall–Kier alpha value is -3.03. The molecule has 0 unspecified atom stereocenters. The summed E-state index contributed by atoms with van der Waals surface area (Å²) in [6.45, 7) is 5.42. The summed E-state index contributed by atoms with van der Waals surface area (Å²) in [5, 5.41) is 3.22. The molecule has 0 saturated carbocycles. The molecule has 0 heterocycles. The average molecular weight is 473 g/mol. The lowest BCUT2D eigenvalue weighted by molar-refractivity contribution is -0.122. The van der Waals surface area contributed by atoms with Gasteiger partial charge in [-0.2, -0.15) is 0 Å². The van der Waals surface area contributed by atoms with Gasteiger partial charge in [0.1, 0.15) is 5.75 Å². The molecule has 0 fully saturated rings. The lowest BCUT2D eigenvalue weighted by Crippen LogP contribution is -2.30. The number of ether oxygens (including phenoxy) is 1. The minimum absolute atomic E-state index is 0.0658. The number of hydrogen-bond donors (Lipinski definition) is 2. The SMILES string of the molecule is CCc1ccccc1O[C@H](C)C(=O)Nc1ccc(S(=O)(=O)Nc2cccc(Cl)c2C)cc1. The molecule has 0 aromatic heterocycles. The zero-order chi connectivity index (χ0) is 23.3. The fourth-order valence-corrected chi connectivity index (χ4v) is 4.34. The van der Waals surface area contributed by atoms with Crippen LogP contribution in [0.15, 0.2) is 71.6 Å². The zero-order valence-electron chi connectivity index (χ0n) is 18.1. The number of halogens is 1. The first-order chi connectivity index (χ1) is 15.2. The van der Waals surface area contributed by atoms with Crippen LogP contribution in [0.5, 0.6) is 5.75 Å². The Morgan fingerprint density at radius 2 is 1.72 bits per heavy atom. The summed E-state index contributed by atoms with van der Waals surface area (Å²) in [5.74, 6) is 0.334. The molecular weight excluding hydrogens is 448 g/mol. The molecule has 0 aliphatic carbocycles. The minimum atomic E-state index is -3.81. The lowest BCUT2D eigenvalue weighted by atomic mass is 10.1. The second-order valence-electron chi connectivity index (χ2n) is 7.25. The summed E-state index contributed by atoms with van der Waals surface area (Å²) < 4.78 is 33.8. The standard InChI is InChI=1S/C24H25ClN2O4S/c1-4-18-8-5-6-11-23(18)31-17(3)24(28)26-19-12-14-20(15-13-19)32(29,30)27-22-10-7-9-21(25)16(22)2/h5-15,17,27H,4H2,1-3H3,(H,26,28)/t17-/m1/s1. The fourth-order valence-electron chi connectivity index (χ4n) is 3.04. The maximum absolute atomic E-state index is 12.7. The van der Waals surface area contributed by atoms with Crippen molar-refractivity contribution in [3.63, 3.8) is 0 Å². The number of nitrogens with one attached hydrogen (secondary N) is 2. The molecule has 3 aromatic rings. The highest BCUT2D eigenvalue weighted by Gasteiger charge is 2.18. The van der Waals surface area contributed by atoms with Crippen LogP contribution in [0.3, 0.4) is 0 Å². The van der Waals surface area contributed by atoms with E-state index >= 15 is 0 Å². The molecule has 0 aliphatic heterocycles. The number of carbonyl (C=O) groups is 1. The Kier molecular flexibility index (Phi) is 7.43. The first-order valence-corrected chi connectivity index (χ1v) is 12.0. The predicted octanol–water partition coefficient (Wildman–Crippen LogP) is 5.42. The molecule has 0 aliphatic rings. The van der Waals surface area contributed by atoms with Crippen LogP contribution in [-0.4, -0.2) is 20.4 Å². The predicted molar refractivity (Wildman–Crippen MR) is 128 cm³/mol. The van der Waals surface area contributed by atoms with Crippen molar-refractivity contribution < 1.29 is 17.9 Å². The highest BCUT2D eigenvalue weighted by Crippen LogP contribution is 2.26. The fraction of sp³-hybridized carbons (Fsp3) is 0.208. The second-order valence-corrected chi connectivity index (χ2v) is 9.34. The van der Waals surface area contributed by atoms with Gasteiger partial charge in [0.05, 0.1) is 10.6 Å². The van der Waals surface area contributed by atoms with Gasteiger partial charge in [-0.05, 0) is 73.9 Å². The van der Waals surface area contributed by atoms with E-state index in [1.165, 1.54) is 24.3 Å². The van der Waals surface area contributed by atoms with Crippen molar-refractivity contribution in [1.29, 1.82) is 0 Å². The summed E-state index contributed by atoms with van der Waals surface area (Å²) >= 11 is 6.07. The molecular formula is C24H25ClN2O4S. The first-order valence-electron chi connectivity index (χ1n) is 10.1. The summed E-state index contributed by atoms with van der Waals surface area (Å²) in [4.78, 5) is 12.6. The van der Waals surface area contributed by atoms with Crippen molar-refractivity contribution >= 4 is 38.9 Å². The van der Waals surface area contributed by atoms with E-state index in [0.29, 0.717) is 27.7 Å². The van der Waals surface area contributed by atoms with Crippen LogP contribution in [-0.2, 0) is 21.2 Å². The number of rotatable bonds is 8. The van der Waals surface area contributed by atoms with Gasteiger partial charge in [-0.15, -0.1) is 0 Å². The van der Waals surface area contributed by atoms with Crippen molar-refractivity contribution in [3.05, 3.63) is 82.9 Å². The minimum Gasteiger partial charge on any atom is -0.481 e. The Labute approximate surface area is 193 Å². The summed E-state index contributed by atoms with van der Waals surface area (Å²) in [6, 6.07) is 18.5. The number of hydrogen-bond acceptors (Lipinski definition) is 4. The van der Waals surface area contributed by atoms with Crippen LogP contribution in [0, 0.1) is 6.92 Å². The van der Waals surface area contributed by atoms with Gasteiger partial charge < -0.3 is 10.1 Å². The monoisotopic (exact) mass is 472 g/mol. The number of aryl methyl sites for hydroxylation is 1. The Balaban J connectivity index is 1.67. The summed E-state index contributed by atoms with van der Waals surface area (Å²) in [7, 11) is -3.81. The van der Waals surface area contributed by atoms with Crippen LogP contribution in [0.4, 0.5) is 11.4 Å². The average Bonchev–Trinajstić information content (AvgIpc) is 2.77. The Morgan fingerprint density at radius 3 is 2.41 bits per heavy atom. The molecule has 0 bridgehead atoms. The molecule has 6 nitrogen and oxygen atoms in total. The number of sulfonamides is 1. The number of anilines is 2. The topological polar surface area (TPSA) is 84.5 Å². The molecule has 3 aromatic carbocycles. The van der Waals surface area contributed by atoms with E-state index < -0.39 is 16.1 Å². The smallest absolute Gasteiger partial charge is 0.265 e. The van der Waals surface area contributed by atoms with E-state index in [4.69, 9.17) is 16.3 Å². The third-order valence-corrected chi connectivity index (χ3v) is 6.76. The largest absolute Gasteiger partial charge is 0.481 e. The van der Waals surface area contributed by atoms with Crippen LogP contribution in [0.2, 0.25) is 5.02 Å². The highest BCUT2D eigenvalue weighted by molar-refractivity contribution is 7.92. The molecule has 2 N–H and O–H groups in total. The van der Waals surface area contributed by atoms with E-state index in [1.54, 1.807) is 32.0 Å². The van der Waals surface area contributed by atoms with Crippen LogP contribution < -0.4 is 14.8 Å². The molecule has 1 atom stereocenters. The quantitative estimate of drug-likeness (QED) is 0.458. The molecule has 3 rings (SSSR count). The highest BCUT2D eigenvalue weighted by atomic mass is 35.5. The van der Waals surface area contributed by atoms with Crippen LogP contribution in [0.1, 0.15) is 25.0 Å². The molecule has 0 radical (unpaired) electrons. The molecule has 0 saturated heterocycles. The van der Waals surface area contributed by atoms with E-state index in [1.807, 2.05) is 31.2 Å².